The molecule has 59 heavy (non-hydrogen) atoms. The average Bonchev–Trinajstić information content (AvgIpc) is 3.70. The monoisotopic (exact) mass is 752 g/mol. The minimum atomic E-state index is 0.680. The molecule has 3 heteroatoms. The summed E-state index contributed by atoms with van der Waals surface area (Å²) in [5, 5.41) is 4.64. The fourth-order valence-electron chi connectivity index (χ4n) is 8.36. The lowest BCUT2D eigenvalue weighted by molar-refractivity contribution is 0.669. The molecule has 0 aliphatic heterocycles. The van der Waals surface area contributed by atoms with Crippen LogP contribution in [0.4, 0.5) is 0 Å². The van der Waals surface area contributed by atoms with E-state index in [2.05, 4.69) is 182 Å². The average molecular weight is 753 g/mol. The molecule has 0 spiro atoms. The second-order valence-corrected chi connectivity index (χ2v) is 15.0. The van der Waals surface area contributed by atoms with Crippen LogP contribution in [0.25, 0.3) is 111 Å². The number of aromatic nitrogens is 2. The van der Waals surface area contributed by atoms with Crippen LogP contribution in [0.3, 0.4) is 0 Å². The molecule has 2 heterocycles. The Labute approximate surface area is 342 Å². The van der Waals surface area contributed by atoms with Crippen molar-refractivity contribution in [2.24, 2.45) is 0 Å². The quantitative estimate of drug-likeness (QED) is 0.163. The number of benzene rings is 9. The third kappa shape index (κ3) is 6.45. The van der Waals surface area contributed by atoms with Gasteiger partial charge in [0, 0.05) is 27.5 Å². The van der Waals surface area contributed by atoms with E-state index in [4.69, 9.17) is 14.4 Å². The van der Waals surface area contributed by atoms with Gasteiger partial charge in [-0.1, -0.05) is 176 Å². The van der Waals surface area contributed by atoms with Gasteiger partial charge in [0.15, 0.2) is 5.82 Å². The van der Waals surface area contributed by atoms with E-state index in [0.29, 0.717) is 5.82 Å². The van der Waals surface area contributed by atoms with Crippen molar-refractivity contribution in [2.45, 2.75) is 0 Å². The van der Waals surface area contributed by atoms with Crippen molar-refractivity contribution in [3.63, 3.8) is 0 Å². The molecule has 0 unspecified atom stereocenters. The highest BCUT2D eigenvalue weighted by molar-refractivity contribution is 6.07. The van der Waals surface area contributed by atoms with E-state index in [-0.39, 0.29) is 0 Å². The van der Waals surface area contributed by atoms with E-state index >= 15 is 0 Å². The second kappa shape index (κ2) is 14.6. The Kier molecular flexibility index (Phi) is 8.49. The Morgan fingerprint density at radius 1 is 0.271 bits per heavy atom. The summed E-state index contributed by atoms with van der Waals surface area (Å²) in [6.45, 7) is 0. The van der Waals surface area contributed by atoms with E-state index in [1.165, 1.54) is 27.5 Å². The van der Waals surface area contributed by atoms with Gasteiger partial charge in [0.2, 0.25) is 0 Å². The number of fused-ring (bicyclic) bond motifs is 4. The Bertz CT molecular complexity index is 3310. The van der Waals surface area contributed by atoms with Crippen molar-refractivity contribution in [1.82, 2.24) is 9.97 Å². The zero-order chi connectivity index (χ0) is 39.1. The molecule has 0 amide bonds. The minimum absolute atomic E-state index is 0.680. The summed E-state index contributed by atoms with van der Waals surface area (Å²) < 4.78 is 6.26. The number of para-hydroxylation sites is 1. The lowest BCUT2D eigenvalue weighted by Gasteiger charge is -2.16. The van der Waals surface area contributed by atoms with Crippen LogP contribution in [-0.2, 0) is 0 Å². The first-order valence-corrected chi connectivity index (χ1v) is 20.0. The van der Waals surface area contributed by atoms with Crippen molar-refractivity contribution in [2.75, 3.05) is 0 Å². The van der Waals surface area contributed by atoms with E-state index in [1.807, 2.05) is 36.4 Å². The van der Waals surface area contributed by atoms with E-state index in [1.54, 1.807) is 0 Å². The smallest absolute Gasteiger partial charge is 0.160 e. The van der Waals surface area contributed by atoms with Crippen LogP contribution in [0.15, 0.2) is 223 Å². The third-order valence-corrected chi connectivity index (χ3v) is 11.3. The minimum Gasteiger partial charge on any atom is -0.456 e. The zero-order valence-electron chi connectivity index (χ0n) is 32.1. The molecular formula is C56H36N2O. The van der Waals surface area contributed by atoms with Crippen LogP contribution >= 0.6 is 0 Å². The number of rotatable bonds is 7. The van der Waals surface area contributed by atoms with Crippen LogP contribution in [0.2, 0.25) is 0 Å². The number of nitrogens with zero attached hydrogens (tertiary/aromatic N) is 2. The number of hydrogen-bond acceptors (Lipinski definition) is 3. The van der Waals surface area contributed by atoms with Crippen LogP contribution in [0.1, 0.15) is 0 Å². The van der Waals surface area contributed by atoms with E-state index in [0.717, 1.165) is 77.8 Å². The van der Waals surface area contributed by atoms with Gasteiger partial charge in [-0.3, -0.25) is 0 Å². The highest BCUT2D eigenvalue weighted by atomic mass is 16.3. The predicted octanol–water partition coefficient (Wildman–Crippen LogP) is 15.2. The first-order chi connectivity index (χ1) is 29.2. The molecule has 0 saturated heterocycles. The highest BCUT2D eigenvalue weighted by Gasteiger charge is 2.17. The standard InChI is InChI=1S/C56H36N2O/c1-3-14-37(15-4-1)38-26-28-40(29-27-38)52-36-53(58-56(57-52)41-17-5-2-6-18-41)45-33-43(42-30-31-55-51(35-42)50-23-11-12-25-54(50)59-55)32-44(34-45)47-21-9-10-22-48(47)49-24-13-19-39-16-7-8-20-46(39)49/h1-36H. The van der Waals surface area contributed by atoms with Gasteiger partial charge in [0.05, 0.1) is 11.4 Å². The Morgan fingerprint density at radius 3 is 1.63 bits per heavy atom. The summed E-state index contributed by atoms with van der Waals surface area (Å²) in [6, 6.07) is 77.1. The first-order valence-electron chi connectivity index (χ1n) is 20.0. The van der Waals surface area contributed by atoms with Gasteiger partial charge in [-0.05, 0) is 97.7 Å². The molecule has 11 aromatic rings. The maximum atomic E-state index is 6.26. The molecule has 3 nitrogen and oxygen atoms in total. The number of furan rings is 1. The summed E-state index contributed by atoms with van der Waals surface area (Å²) in [5.74, 6) is 0.680. The fourth-order valence-corrected chi connectivity index (χ4v) is 8.36. The molecule has 0 N–H and O–H groups in total. The Morgan fingerprint density at radius 2 is 0.814 bits per heavy atom. The second-order valence-electron chi connectivity index (χ2n) is 15.0. The first kappa shape index (κ1) is 34.4. The molecule has 0 radical (unpaired) electrons. The normalized spacial score (nSPS) is 11.4. The van der Waals surface area contributed by atoms with Crippen molar-refractivity contribution in [3.05, 3.63) is 218 Å². The predicted molar refractivity (Wildman–Crippen MR) is 245 cm³/mol. The summed E-state index contributed by atoms with van der Waals surface area (Å²) in [6.07, 6.45) is 0. The molecular weight excluding hydrogens is 717 g/mol. The van der Waals surface area contributed by atoms with Crippen LogP contribution in [0, 0.1) is 0 Å². The van der Waals surface area contributed by atoms with Crippen molar-refractivity contribution in [3.8, 4) is 78.4 Å². The Hall–Kier alpha value is -7.88. The van der Waals surface area contributed by atoms with Gasteiger partial charge in [-0.15, -0.1) is 0 Å². The fraction of sp³-hybridized carbons (Fsp3) is 0. The van der Waals surface area contributed by atoms with E-state index < -0.39 is 0 Å². The largest absolute Gasteiger partial charge is 0.456 e. The van der Waals surface area contributed by atoms with Crippen LogP contribution in [-0.4, -0.2) is 9.97 Å². The number of hydrogen-bond donors (Lipinski definition) is 0. The van der Waals surface area contributed by atoms with Gasteiger partial charge in [-0.25, -0.2) is 9.97 Å². The molecule has 0 saturated carbocycles. The molecule has 0 aliphatic carbocycles. The molecule has 0 aliphatic rings. The van der Waals surface area contributed by atoms with Crippen LogP contribution < -0.4 is 0 Å². The lowest BCUT2D eigenvalue weighted by atomic mass is 9.88. The SMILES string of the molecule is c1ccc(-c2ccc(-c3cc(-c4cc(-c5ccc6oc7ccccc7c6c5)cc(-c5ccccc5-c5cccc6ccccc56)c4)nc(-c4ccccc4)n3)cc2)cc1. The maximum Gasteiger partial charge on any atom is 0.160 e. The van der Waals surface area contributed by atoms with Gasteiger partial charge in [0.25, 0.3) is 0 Å². The van der Waals surface area contributed by atoms with Gasteiger partial charge < -0.3 is 4.42 Å². The van der Waals surface area contributed by atoms with Gasteiger partial charge in [0.1, 0.15) is 11.2 Å². The topological polar surface area (TPSA) is 38.9 Å². The molecule has 0 atom stereocenters. The summed E-state index contributed by atoms with van der Waals surface area (Å²) in [4.78, 5) is 10.5. The van der Waals surface area contributed by atoms with Gasteiger partial charge >= 0.3 is 0 Å². The van der Waals surface area contributed by atoms with Crippen LogP contribution in [0.5, 0.6) is 0 Å². The molecule has 2 aromatic heterocycles. The van der Waals surface area contributed by atoms with E-state index in [9.17, 15) is 0 Å². The van der Waals surface area contributed by atoms with Crippen molar-refractivity contribution >= 4 is 32.7 Å². The summed E-state index contributed by atoms with van der Waals surface area (Å²) in [5.41, 5.74) is 15.6. The van der Waals surface area contributed by atoms with Crippen molar-refractivity contribution in [1.29, 1.82) is 0 Å². The summed E-state index contributed by atoms with van der Waals surface area (Å²) in [7, 11) is 0. The van der Waals surface area contributed by atoms with Gasteiger partial charge in [-0.2, -0.15) is 0 Å². The Balaban J connectivity index is 1.13. The lowest BCUT2D eigenvalue weighted by Crippen LogP contribution is -1.97. The zero-order valence-corrected chi connectivity index (χ0v) is 32.1. The molecule has 11 rings (SSSR count). The third-order valence-electron chi connectivity index (χ3n) is 11.3. The van der Waals surface area contributed by atoms with Crippen molar-refractivity contribution < 1.29 is 4.42 Å². The maximum absolute atomic E-state index is 6.26. The molecule has 9 aromatic carbocycles. The highest BCUT2D eigenvalue weighted by Crippen LogP contribution is 2.41. The molecule has 0 bridgehead atoms. The summed E-state index contributed by atoms with van der Waals surface area (Å²) >= 11 is 0. The molecule has 276 valence electrons. The molecule has 0 fully saturated rings.